The molecule has 0 radical (unpaired) electrons. The highest BCUT2D eigenvalue weighted by atomic mass is 15.1. The molecule has 0 heterocycles. The molecular formula is C15H18N2. The number of benzene rings is 2. The Morgan fingerprint density at radius 3 is 2.29 bits per heavy atom. The maximum Gasteiger partial charge on any atom is 0.0440 e. The molecule has 0 atom stereocenters. The van der Waals surface area contributed by atoms with Gasteiger partial charge in [-0.3, -0.25) is 0 Å². The first-order chi connectivity index (χ1) is 8.22. The minimum absolute atomic E-state index is 0.797. The molecule has 0 aromatic heterocycles. The van der Waals surface area contributed by atoms with Crippen LogP contribution in [-0.2, 0) is 6.42 Å². The summed E-state index contributed by atoms with van der Waals surface area (Å²) in [6.45, 7) is 2.18. The van der Waals surface area contributed by atoms with E-state index in [1.54, 1.807) is 0 Å². The minimum atomic E-state index is 0.797. The predicted molar refractivity (Wildman–Crippen MR) is 74.7 cm³/mol. The third-order valence-electron chi connectivity index (χ3n) is 3.01. The number of hydrogen-bond acceptors (Lipinski definition) is 2. The van der Waals surface area contributed by atoms with Crippen LogP contribution in [0.15, 0.2) is 48.5 Å². The van der Waals surface area contributed by atoms with Gasteiger partial charge in [0.1, 0.15) is 0 Å². The molecule has 0 spiro atoms. The number of rotatable bonds is 3. The summed E-state index contributed by atoms with van der Waals surface area (Å²) < 4.78 is 0. The highest BCUT2D eigenvalue weighted by molar-refractivity contribution is 5.67. The van der Waals surface area contributed by atoms with Gasteiger partial charge in [0.2, 0.25) is 0 Å². The molecule has 0 unspecified atom stereocenters. The lowest BCUT2D eigenvalue weighted by Crippen LogP contribution is -2.11. The molecule has 88 valence electrons. The monoisotopic (exact) mass is 226 g/mol. The smallest absolute Gasteiger partial charge is 0.0440 e. The van der Waals surface area contributed by atoms with Gasteiger partial charge < -0.3 is 10.6 Å². The van der Waals surface area contributed by atoms with Crippen LogP contribution in [0.25, 0.3) is 0 Å². The molecule has 17 heavy (non-hydrogen) atoms. The van der Waals surface area contributed by atoms with Crippen LogP contribution in [0.2, 0.25) is 0 Å². The first kappa shape index (κ1) is 11.5. The molecule has 0 saturated carbocycles. The molecule has 2 aromatic rings. The third kappa shape index (κ3) is 2.41. The largest absolute Gasteiger partial charge is 0.399 e. The van der Waals surface area contributed by atoms with E-state index in [4.69, 9.17) is 5.73 Å². The molecule has 0 bridgehead atoms. The average molecular weight is 226 g/mol. The molecule has 0 aliphatic carbocycles. The molecule has 2 nitrogen and oxygen atoms in total. The van der Waals surface area contributed by atoms with Crippen LogP contribution in [0.4, 0.5) is 17.1 Å². The quantitative estimate of drug-likeness (QED) is 0.810. The van der Waals surface area contributed by atoms with Crippen LogP contribution in [0.3, 0.4) is 0 Å². The number of nitrogens with zero attached hydrogens (tertiary/aromatic N) is 1. The normalized spacial score (nSPS) is 10.2. The fourth-order valence-corrected chi connectivity index (χ4v) is 1.97. The fourth-order valence-electron chi connectivity index (χ4n) is 1.97. The van der Waals surface area contributed by atoms with Gasteiger partial charge in [-0.25, -0.2) is 0 Å². The van der Waals surface area contributed by atoms with Gasteiger partial charge in [0.25, 0.3) is 0 Å². The lowest BCUT2D eigenvalue weighted by molar-refractivity contribution is 1.09. The highest BCUT2D eigenvalue weighted by Gasteiger charge is 2.07. The maximum atomic E-state index is 5.70. The number of nitrogen functional groups attached to an aromatic ring is 1. The van der Waals surface area contributed by atoms with E-state index in [0.29, 0.717) is 0 Å². The Morgan fingerprint density at radius 2 is 1.65 bits per heavy atom. The van der Waals surface area contributed by atoms with Crippen molar-refractivity contribution in [2.45, 2.75) is 13.3 Å². The van der Waals surface area contributed by atoms with E-state index in [2.05, 4.69) is 43.1 Å². The van der Waals surface area contributed by atoms with Crippen LogP contribution >= 0.6 is 0 Å². The van der Waals surface area contributed by atoms with E-state index < -0.39 is 0 Å². The van der Waals surface area contributed by atoms with E-state index in [9.17, 15) is 0 Å². The van der Waals surface area contributed by atoms with Gasteiger partial charge in [-0.05, 0) is 42.3 Å². The van der Waals surface area contributed by atoms with Crippen molar-refractivity contribution in [1.82, 2.24) is 0 Å². The first-order valence-corrected chi connectivity index (χ1v) is 5.89. The summed E-state index contributed by atoms with van der Waals surface area (Å²) in [6, 6.07) is 16.4. The lowest BCUT2D eigenvalue weighted by Gasteiger charge is -2.22. The van der Waals surface area contributed by atoms with Gasteiger partial charge in [-0.2, -0.15) is 0 Å². The van der Waals surface area contributed by atoms with E-state index in [-0.39, 0.29) is 0 Å². The minimum Gasteiger partial charge on any atom is -0.399 e. The van der Waals surface area contributed by atoms with Gasteiger partial charge in [0, 0.05) is 24.1 Å². The van der Waals surface area contributed by atoms with Crippen LogP contribution in [0.5, 0.6) is 0 Å². The van der Waals surface area contributed by atoms with Crippen molar-refractivity contribution >= 4 is 17.1 Å². The number of nitrogens with two attached hydrogens (primary N) is 1. The zero-order valence-corrected chi connectivity index (χ0v) is 10.4. The second-order valence-corrected chi connectivity index (χ2v) is 4.13. The van der Waals surface area contributed by atoms with Crippen molar-refractivity contribution in [3.8, 4) is 0 Å². The first-order valence-electron chi connectivity index (χ1n) is 5.89. The van der Waals surface area contributed by atoms with Crippen LogP contribution in [-0.4, -0.2) is 7.05 Å². The maximum absolute atomic E-state index is 5.70. The molecule has 2 aromatic carbocycles. The molecule has 0 amide bonds. The molecule has 0 fully saturated rings. The van der Waals surface area contributed by atoms with Gasteiger partial charge in [-0.15, -0.1) is 0 Å². The van der Waals surface area contributed by atoms with Gasteiger partial charge in [0.15, 0.2) is 0 Å². The Bertz CT molecular complexity index is 489. The second kappa shape index (κ2) is 4.91. The molecule has 2 N–H and O–H groups in total. The number of aryl methyl sites for hydroxylation is 1. The standard InChI is InChI=1S/C15H18N2/c1-3-12-6-4-5-7-15(12)17(2)14-10-8-13(16)9-11-14/h4-11H,3,16H2,1-2H3. The molecule has 0 saturated heterocycles. The zero-order valence-electron chi connectivity index (χ0n) is 10.4. The van der Waals surface area contributed by atoms with E-state index in [0.717, 1.165) is 17.8 Å². The van der Waals surface area contributed by atoms with Crippen LogP contribution in [0, 0.1) is 0 Å². The van der Waals surface area contributed by atoms with Crippen molar-refractivity contribution in [1.29, 1.82) is 0 Å². The Hall–Kier alpha value is -1.96. The van der Waals surface area contributed by atoms with Crippen LogP contribution < -0.4 is 10.6 Å². The summed E-state index contributed by atoms with van der Waals surface area (Å²) >= 11 is 0. The Morgan fingerprint density at radius 1 is 1.00 bits per heavy atom. The molecule has 2 heteroatoms. The lowest BCUT2D eigenvalue weighted by atomic mass is 10.1. The summed E-state index contributed by atoms with van der Waals surface area (Å²) in [5.41, 5.74) is 10.3. The van der Waals surface area contributed by atoms with Crippen molar-refractivity contribution in [3.05, 3.63) is 54.1 Å². The zero-order chi connectivity index (χ0) is 12.3. The van der Waals surface area contributed by atoms with E-state index in [1.807, 2.05) is 24.3 Å². The number of para-hydroxylation sites is 1. The van der Waals surface area contributed by atoms with Crippen LogP contribution in [0.1, 0.15) is 12.5 Å². The molecule has 0 aliphatic rings. The third-order valence-corrected chi connectivity index (χ3v) is 3.01. The number of hydrogen-bond donors (Lipinski definition) is 1. The Labute approximate surface area is 103 Å². The van der Waals surface area contributed by atoms with Crippen molar-refractivity contribution < 1.29 is 0 Å². The fraction of sp³-hybridized carbons (Fsp3) is 0.200. The SMILES string of the molecule is CCc1ccccc1N(C)c1ccc(N)cc1. The van der Waals surface area contributed by atoms with Crippen molar-refractivity contribution in [2.24, 2.45) is 0 Å². The Kier molecular flexibility index (Phi) is 3.33. The van der Waals surface area contributed by atoms with Gasteiger partial charge >= 0.3 is 0 Å². The summed E-state index contributed by atoms with van der Waals surface area (Å²) in [6.07, 6.45) is 1.04. The Balaban J connectivity index is 2.36. The predicted octanol–water partition coefficient (Wildman–Crippen LogP) is 3.60. The highest BCUT2D eigenvalue weighted by Crippen LogP contribution is 2.27. The topological polar surface area (TPSA) is 29.3 Å². The van der Waals surface area contributed by atoms with Crippen molar-refractivity contribution in [2.75, 3.05) is 17.7 Å². The summed E-state index contributed by atoms with van der Waals surface area (Å²) in [4.78, 5) is 2.19. The summed E-state index contributed by atoms with van der Waals surface area (Å²) in [7, 11) is 2.08. The van der Waals surface area contributed by atoms with E-state index in [1.165, 1.54) is 11.3 Å². The van der Waals surface area contributed by atoms with Crippen molar-refractivity contribution in [3.63, 3.8) is 0 Å². The summed E-state index contributed by atoms with van der Waals surface area (Å²) in [5, 5.41) is 0. The average Bonchev–Trinajstić information content (AvgIpc) is 2.39. The van der Waals surface area contributed by atoms with E-state index >= 15 is 0 Å². The second-order valence-electron chi connectivity index (χ2n) is 4.13. The summed E-state index contributed by atoms with van der Waals surface area (Å²) in [5.74, 6) is 0. The number of anilines is 3. The van der Waals surface area contributed by atoms with Gasteiger partial charge in [-0.1, -0.05) is 25.1 Å². The molecule has 2 rings (SSSR count). The molecular weight excluding hydrogens is 208 g/mol. The van der Waals surface area contributed by atoms with Gasteiger partial charge in [0.05, 0.1) is 0 Å². The molecule has 0 aliphatic heterocycles.